The minimum Gasteiger partial charge on any atom is -0.497 e. The number of hydrogen-bond donors (Lipinski definition) is 2. The highest BCUT2D eigenvalue weighted by molar-refractivity contribution is 9.10. The number of hydrogen-bond acceptors (Lipinski definition) is 3. The quantitative estimate of drug-likeness (QED) is 0.498. The Morgan fingerprint density at radius 1 is 1.14 bits per heavy atom. The molecule has 0 amide bonds. The van der Waals surface area contributed by atoms with Crippen LogP contribution in [-0.2, 0) is 0 Å². The van der Waals surface area contributed by atoms with Gasteiger partial charge in [0.1, 0.15) is 23.2 Å². The second kappa shape index (κ2) is 6.46. The molecule has 3 nitrogen and oxygen atoms in total. The van der Waals surface area contributed by atoms with Crippen molar-refractivity contribution in [2.75, 3.05) is 7.11 Å². The third-order valence-electron chi connectivity index (χ3n) is 3.05. The van der Waals surface area contributed by atoms with Crippen molar-refractivity contribution >= 4 is 15.9 Å². The van der Waals surface area contributed by atoms with E-state index >= 15 is 0 Å². The molecule has 1 atom stereocenters. The molecule has 0 aliphatic heterocycles. The standard InChI is InChI=1S/C14H12BrF3N2O/c1-21-7-2-3-8(11(17)6-7)14(20-19)12-10(16)5-4-9(15)13(12)18/h2-6,14,20H,19H2,1H3. The molecule has 3 N–H and O–H groups in total. The Morgan fingerprint density at radius 2 is 1.86 bits per heavy atom. The molecular formula is C14H12BrF3N2O. The predicted octanol–water partition coefficient (Wildman–Crippen LogP) is 3.43. The average Bonchev–Trinajstić information content (AvgIpc) is 2.48. The lowest BCUT2D eigenvalue weighted by Crippen LogP contribution is -2.31. The molecule has 0 aliphatic carbocycles. The first-order valence-corrected chi connectivity index (χ1v) is 6.71. The largest absolute Gasteiger partial charge is 0.497 e. The molecule has 0 aliphatic rings. The van der Waals surface area contributed by atoms with Gasteiger partial charge < -0.3 is 4.74 Å². The van der Waals surface area contributed by atoms with E-state index in [0.29, 0.717) is 5.75 Å². The highest BCUT2D eigenvalue weighted by Gasteiger charge is 2.25. The maximum atomic E-state index is 14.1. The lowest BCUT2D eigenvalue weighted by atomic mass is 9.97. The van der Waals surface area contributed by atoms with Gasteiger partial charge in [0.15, 0.2) is 0 Å². The monoisotopic (exact) mass is 360 g/mol. The summed E-state index contributed by atoms with van der Waals surface area (Å²) in [4.78, 5) is 0. The molecule has 0 radical (unpaired) electrons. The molecule has 2 aromatic carbocycles. The van der Waals surface area contributed by atoms with Crippen LogP contribution in [0.4, 0.5) is 13.2 Å². The lowest BCUT2D eigenvalue weighted by molar-refractivity contribution is 0.409. The second-order valence-electron chi connectivity index (χ2n) is 4.24. The van der Waals surface area contributed by atoms with Crippen LogP contribution in [0.1, 0.15) is 17.2 Å². The Kier molecular flexibility index (Phi) is 4.87. The Labute approximate surface area is 128 Å². The minimum atomic E-state index is -1.17. The molecule has 21 heavy (non-hydrogen) atoms. The molecule has 112 valence electrons. The highest BCUT2D eigenvalue weighted by Crippen LogP contribution is 2.32. The number of halogens is 4. The third kappa shape index (κ3) is 3.04. The van der Waals surface area contributed by atoms with E-state index in [9.17, 15) is 13.2 Å². The van der Waals surface area contributed by atoms with Crippen LogP contribution in [0.2, 0.25) is 0 Å². The van der Waals surface area contributed by atoms with Gasteiger partial charge in [-0.2, -0.15) is 0 Å². The summed E-state index contributed by atoms with van der Waals surface area (Å²) < 4.78 is 47.1. The molecule has 7 heteroatoms. The van der Waals surface area contributed by atoms with Gasteiger partial charge >= 0.3 is 0 Å². The first-order chi connectivity index (χ1) is 9.99. The van der Waals surface area contributed by atoms with Crippen molar-refractivity contribution in [1.82, 2.24) is 5.43 Å². The third-order valence-corrected chi connectivity index (χ3v) is 3.67. The minimum absolute atomic E-state index is 0.00852. The van der Waals surface area contributed by atoms with Gasteiger partial charge in [0.2, 0.25) is 0 Å². The van der Waals surface area contributed by atoms with Crippen LogP contribution in [-0.4, -0.2) is 7.11 Å². The van der Waals surface area contributed by atoms with E-state index < -0.39 is 23.5 Å². The van der Waals surface area contributed by atoms with E-state index in [1.807, 2.05) is 0 Å². The van der Waals surface area contributed by atoms with E-state index in [2.05, 4.69) is 21.4 Å². The van der Waals surface area contributed by atoms with Crippen LogP contribution in [0.25, 0.3) is 0 Å². The Hall–Kier alpha value is -1.57. The zero-order valence-electron chi connectivity index (χ0n) is 11.0. The summed E-state index contributed by atoms with van der Waals surface area (Å²) in [5, 5.41) is 0. The number of benzene rings is 2. The number of rotatable bonds is 4. The highest BCUT2D eigenvalue weighted by atomic mass is 79.9. The van der Waals surface area contributed by atoms with Crippen molar-refractivity contribution in [3.63, 3.8) is 0 Å². The molecule has 0 saturated carbocycles. The van der Waals surface area contributed by atoms with Gasteiger partial charge in [-0.3, -0.25) is 5.84 Å². The number of nitrogens with two attached hydrogens (primary N) is 1. The lowest BCUT2D eigenvalue weighted by Gasteiger charge is -2.19. The predicted molar refractivity (Wildman–Crippen MR) is 76.2 cm³/mol. The zero-order chi connectivity index (χ0) is 15.6. The molecule has 1 unspecified atom stereocenters. The Morgan fingerprint density at radius 3 is 2.43 bits per heavy atom. The van der Waals surface area contributed by atoms with Crippen molar-refractivity contribution < 1.29 is 17.9 Å². The number of ether oxygens (including phenoxy) is 1. The van der Waals surface area contributed by atoms with E-state index in [0.717, 1.165) is 12.1 Å². The van der Waals surface area contributed by atoms with E-state index in [-0.39, 0.29) is 15.6 Å². The van der Waals surface area contributed by atoms with Crippen LogP contribution < -0.4 is 16.0 Å². The van der Waals surface area contributed by atoms with E-state index in [1.165, 1.54) is 25.3 Å². The van der Waals surface area contributed by atoms with Crippen molar-refractivity contribution in [3.05, 3.63) is 63.4 Å². The van der Waals surface area contributed by atoms with Gasteiger partial charge in [-0.05, 0) is 34.1 Å². The molecule has 0 aromatic heterocycles. The fraction of sp³-hybridized carbons (Fsp3) is 0.143. The molecule has 0 heterocycles. The topological polar surface area (TPSA) is 47.3 Å². The van der Waals surface area contributed by atoms with Gasteiger partial charge in [0.25, 0.3) is 0 Å². The number of hydrazine groups is 1. The van der Waals surface area contributed by atoms with E-state index in [4.69, 9.17) is 10.6 Å². The van der Waals surface area contributed by atoms with Crippen molar-refractivity contribution in [2.24, 2.45) is 5.84 Å². The molecule has 0 saturated heterocycles. The molecule has 2 rings (SSSR count). The summed E-state index contributed by atoms with van der Waals surface area (Å²) in [5.74, 6) is 3.31. The smallest absolute Gasteiger partial charge is 0.145 e. The molecule has 0 fully saturated rings. The average molecular weight is 361 g/mol. The maximum Gasteiger partial charge on any atom is 0.145 e. The summed E-state index contributed by atoms with van der Waals surface area (Å²) in [7, 11) is 1.39. The van der Waals surface area contributed by atoms with Gasteiger partial charge in [0, 0.05) is 17.2 Å². The summed E-state index contributed by atoms with van der Waals surface area (Å²) in [6.45, 7) is 0. The van der Waals surface area contributed by atoms with Gasteiger partial charge in [0.05, 0.1) is 17.6 Å². The van der Waals surface area contributed by atoms with Crippen LogP contribution in [0.15, 0.2) is 34.8 Å². The fourth-order valence-corrected chi connectivity index (χ4v) is 2.35. The van der Waals surface area contributed by atoms with Gasteiger partial charge in [-0.25, -0.2) is 18.6 Å². The van der Waals surface area contributed by atoms with Crippen molar-refractivity contribution in [3.8, 4) is 5.75 Å². The Balaban J connectivity index is 2.58. The van der Waals surface area contributed by atoms with Crippen LogP contribution in [0, 0.1) is 17.5 Å². The summed E-state index contributed by atoms with van der Waals surface area (Å²) in [6, 6.07) is 5.09. The maximum absolute atomic E-state index is 14.1. The summed E-state index contributed by atoms with van der Waals surface area (Å²) in [6.07, 6.45) is 0. The van der Waals surface area contributed by atoms with E-state index in [1.54, 1.807) is 0 Å². The van der Waals surface area contributed by atoms with Crippen LogP contribution in [0.3, 0.4) is 0 Å². The zero-order valence-corrected chi connectivity index (χ0v) is 12.5. The van der Waals surface area contributed by atoms with Gasteiger partial charge in [-0.15, -0.1) is 0 Å². The second-order valence-corrected chi connectivity index (χ2v) is 5.10. The molecule has 0 spiro atoms. The van der Waals surface area contributed by atoms with Gasteiger partial charge in [-0.1, -0.05) is 6.07 Å². The summed E-state index contributed by atoms with van der Waals surface area (Å²) >= 11 is 2.97. The first kappa shape index (κ1) is 15.8. The Bertz CT molecular complexity index is 667. The fourth-order valence-electron chi connectivity index (χ4n) is 2.00. The van der Waals surface area contributed by atoms with Crippen molar-refractivity contribution in [1.29, 1.82) is 0 Å². The first-order valence-electron chi connectivity index (χ1n) is 5.92. The molecule has 2 aromatic rings. The molecule has 0 bridgehead atoms. The summed E-state index contributed by atoms with van der Waals surface area (Å²) in [5.41, 5.74) is 1.88. The number of nitrogens with one attached hydrogen (secondary N) is 1. The SMILES string of the molecule is COc1ccc(C(NN)c2c(F)ccc(Br)c2F)c(F)c1. The normalized spacial score (nSPS) is 12.3. The van der Waals surface area contributed by atoms with Crippen LogP contribution >= 0.6 is 15.9 Å². The van der Waals surface area contributed by atoms with Crippen molar-refractivity contribution in [2.45, 2.75) is 6.04 Å². The van der Waals surface area contributed by atoms with Crippen LogP contribution in [0.5, 0.6) is 5.75 Å². The number of methoxy groups -OCH3 is 1. The molecular weight excluding hydrogens is 349 g/mol.